The summed E-state index contributed by atoms with van der Waals surface area (Å²) in [6.07, 6.45) is 5.92. The van der Waals surface area contributed by atoms with E-state index in [1.807, 2.05) is 42.5 Å². The predicted octanol–water partition coefficient (Wildman–Crippen LogP) is 1.67. The van der Waals surface area contributed by atoms with Gasteiger partial charge in [0.05, 0.1) is 12.1 Å². The van der Waals surface area contributed by atoms with Gasteiger partial charge < -0.3 is 9.88 Å². The molecule has 0 radical (unpaired) electrons. The summed E-state index contributed by atoms with van der Waals surface area (Å²) in [5, 5.41) is 7.31. The molecule has 1 aliphatic rings. The van der Waals surface area contributed by atoms with E-state index >= 15 is 0 Å². The van der Waals surface area contributed by atoms with Crippen molar-refractivity contribution in [2.24, 2.45) is 7.05 Å². The number of fused-ring (bicyclic) bond motifs is 1. The van der Waals surface area contributed by atoms with Crippen molar-refractivity contribution in [3.63, 3.8) is 0 Å². The van der Waals surface area contributed by atoms with Crippen molar-refractivity contribution in [3.8, 4) is 0 Å². The quantitative estimate of drug-likeness (QED) is 0.892. The summed E-state index contributed by atoms with van der Waals surface area (Å²) in [5.41, 5.74) is 1.04. The van der Waals surface area contributed by atoms with Crippen molar-refractivity contribution in [1.82, 2.24) is 19.3 Å². The molecular formula is C13H17N5O. The van der Waals surface area contributed by atoms with E-state index in [-0.39, 0.29) is 17.9 Å². The number of nitrogens with one attached hydrogen (secondary N) is 1. The lowest BCUT2D eigenvalue weighted by atomic mass is 9.93. The number of carbonyl (C=O) groups excluding carboxylic acids is 1. The molecule has 0 bridgehead atoms. The lowest BCUT2D eigenvalue weighted by Crippen LogP contribution is -2.26. The van der Waals surface area contributed by atoms with E-state index in [0.717, 1.165) is 17.2 Å². The van der Waals surface area contributed by atoms with E-state index in [1.54, 1.807) is 6.20 Å². The van der Waals surface area contributed by atoms with Crippen molar-refractivity contribution in [2.45, 2.75) is 32.2 Å². The van der Waals surface area contributed by atoms with Crippen LogP contribution in [0.5, 0.6) is 0 Å². The Labute approximate surface area is 111 Å². The van der Waals surface area contributed by atoms with Crippen LogP contribution in [0.1, 0.15) is 43.6 Å². The monoisotopic (exact) mass is 259 g/mol. The van der Waals surface area contributed by atoms with Crippen LogP contribution in [0.3, 0.4) is 0 Å². The average molecular weight is 259 g/mol. The number of nitrogens with zero attached hydrogens (tertiary/aromatic N) is 4. The Hall–Kier alpha value is -2.11. The third-order valence-corrected chi connectivity index (χ3v) is 3.51. The SMILES string of the molecule is CC(C)n1ncc2c1NC(=O)CC2c1nccn1C. The number of hydrogen-bond acceptors (Lipinski definition) is 3. The maximum Gasteiger partial charge on any atom is 0.226 e. The molecule has 1 amide bonds. The third kappa shape index (κ3) is 1.83. The number of rotatable bonds is 2. The van der Waals surface area contributed by atoms with E-state index in [9.17, 15) is 4.79 Å². The molecule has 0 saturated carbocycles. The van der Waals surface area contributed by atoms with Crippen LogP contribution in [0.4, 0.5) is 5.82 Å². The van der Waals surface area contributed by atoms with Crippen LogP contribution in [0.25, 0.3) is 0 Å². The Balaban J connectivity index is 2.11. The van der Waals surface area contributed by atoms with E-state index in [0.29, 0.717) is 6.42 Å². The van der Waals surface area contributed by atoms with E-state index in [1.165, 1.54) is 0 Å². The van der Waals surface area contributed by atoms with Gasteiger partial charge in [0.1, 0.15) is 11.6 Å². The maximum absolute atomic E-state index is 11.9. The van der Waals surface area contributed by atoms with Gasteiger partial charge in [-0.05, 0) is 13.8 Å². The highest BCUT2D eigenvalue weighted by Crippen LogP contribution is 2.36. The summed E-state index contributed by atoms with van der Waals surface area (Å²) < 4.78 is 3.81. The highest BCUT2D eigenvalue weighted by molar-refractivity contribution is 5.94. The number of carbonyl (C=O) groups is 1. The standard InChI is InChI=1S/C13H17N5O/c1-8(2)18-13-10(7-15-18)9(6-11(19)16-13)12-14-4-5-17(12)3/h4-5,7-9H,6H2,1-3H3,(H,16,19). The van der Waals surface area contributed by atoms with Gasteiger partial charge in [0.25, 0.3) is 0 Å². The summed E-state index contributed by atoms with van der Waals surface area (Å²) in [7, 11) is 1.95. The van der Waals surface area contributed by atoms with Crippen molar-refractivity contribution in [2.75, 3.05) is 5.32 Å². The Bertz CT molecular complexity index is 625. The number of anilines is 1. The minimum atomic E-state index is -0.0174. The Kier molecular flexibility index (Phi) is 2.66. The first kappa shape index (κ1) is 12.0. The van der Waals surface area contributed by atoms with Gasteiger partial charge in [-0.2, -0.15) is 5.10 Å². The third-order valence-electron chi connectivity index (χ3n) is 3.51. The number of aryl methyl sites for hydroxylation is 1. The minimum Gasteiger partial charge on any atom is -0.337 e. The van der Waals surface area contributed by atoms with Gasteiger partial charge in [0.15, 0.2) is 0 Å². The van der Waals surface area contributed by atoms with Crippen LogP contribution in [-0.4, -0.2) is 25.2 Å². The Morgan fingerprint density at radius 1 is 1.47 bits per heavy atom. The summed E-state index contributed by atoms with van der Waals surface area (Å²) in [6, 6.07) is 0.212. The molecule has 19 heavy (non-hydrogen) atoms. The summed E-state index contributed by atoms with van der Waals surface area (Å²) in [6.45, 7) is 4.09. The molecule has 3 rings (SSSR count). The first-order valence-corrected chi connectivity index (χ1v) is 6.42. The first-order chi connectivity index (χ1) is 9.08. The second kappa shape index (κ2) is 4.22. The largest absolute Gasteiger partial charge is 0.337 e. The molecule has 3 heterocycles. The van der Waals surface area contributed by atoms with Crippen molar-refractivity contribution in [1.29, 1.82) is 0 Å². The molecule has 0 spiro atoms. The number of amides is 1. The second-order valence-corrected chi connectivity index (χ2v) is 5.19. The second-order valence-electron chi connectivity index (χ2n) is 5.19. The molecule has 2 aromatic rings. The fraction of sp³-hybridized carbons (Fsp3) is 0.462. The summed E-state index contributed by atoms with van der Waals surface area (Å²) >= 11 is 0. The molecule has 1 unspecified atom stereocenters. The van der Waals surface area contributed by atoms with E-state index in [2.05, 4.69) is 15.4 Å². The Morgan fingerprint density at radius 3 is 2.89 bits per heavy atom. The van der Waals surface area contributed by atoms with E-state index < -0.39 is 0 Å². The van der Waals surface area contributed by atoms with Crippen LogP contribution in [0, 0.1) is 0 Å². The molecule has 0 fully saturated rings. The number of imidazole rings is 1. The fourth-order valence-electron chi connectivity index (χ4n) is 2.57. The molecule has 0 aromatic carbocycles. The zero-order chi connectivity index (χ0) is 13.6. The van der Waals surface area contributed by atoms with Gasteiger partial charge in [-0.3, -0.25) is 4.79 Å². The van der Waals surface area contributed by atoms with Crippen LogP contribution in [-0.2, 0) is 11.8 Å². The van der Waals surface area contributed by atoms with Gasteiger partial charge in [0, 0.05) is 37.5 Å². The summed E-state index contributed by atoms with van der Waals surface area (Å²) in [5.74, 6) is 1.71. The fourth-order valence-corrected chi connectivity index (χ4v) is 2.57. The van der Waals surface area contributed by atoms with Gasteiger partial charge in [-0.15, -0.1) is 0 Å². The topological polar surface area (TPSA) is 64.7 Å². The maximum atomic E-state index is 11.9. The molecule has 0 aliphatic carbocycles. The molecule has 2 aromatic heterocycles. The van der Waals surface area contributed by atoms with Gasteiger partial charge in [-0.1, -0.05) is 0 Å². The molecular weight excluding hydrogens is 242 g/mol. The molecule has 1 N–H and O–H groups in total. The van der Waals surface area contributed by atoms with Gasteiger partial charge in [-0.25, -0.2) is 9.67 Å². The summed E-state index contributed by atoms with van der Waals surface area (Å²) in [4.78, 5) is 16.3. The normalized spacial score (nSPS) is 18.5. The Morgan fingerprint density at radius 2 is 2.26 bits per heavy atom. The van der Waals surface area contributed by atoms with Crippen LogP contribution >= 0.6 is 0 Å². The van der Waals surface area contributed by atoms with Crippen molar-refractivity contribution >= 4 is 11.7 Å². The van der Waals surface area contributed by atoms with Crippen LogP contribution in [0.15, 0.2) is 18.6 Å². The molecule has 100 valence electrons. The highest BCUT2D eigenvalue weighted by atomic mass is 16.1. The molecule has 6 nitrogen and oxygen atoms in total. The first-order valence-electron chi connectivity index (χ1n) is 6.42. The van der Waals surface area contributed by atoms with Crippen LogP contribution in [0.2, 0.25) is 0 Å². The minimum absolute atomic E-state index is 0.0166. The van der Waals surface area contributed by atoms with Gasteiger partial charge >= 0.3 is 0 Å². The lowest BCUT2D eigenvalue weighted by molar-refractivity contribution is -0.116. The van der Waals surface area contributed by atoms with Crippen molar-refractivity contribution < 1.29 is 4.79 Å². The number of aromatic nitrogens is 4. The average Bonchev–Trinajstić information content (AvgIpc) is 2.93. The van der Waals surface area contributed by atoms with Gasteiger partial charge in [0.2, 0.25) is 5.91 Å². The molecule has 0 saturated heterocycles. The van der Waals surface area contributed by atoms with Crippen LogP contribution < -0.4 is 5.32 Å². The van der Waals surface area contributed by atoms with E-state index in [4.69, 9.17) is 0 Å². The smallest absolute Gasteiger partial charge is 0.226 e. The van der Waals surface area contributed by atoms with Crippen molar-refractivity contribution in [3.05, 3.63) is 30.0 Å². The molecule has 1 aliphatic heterocycles. The zero-order valence-corrected chi connectivity index (χ0v) is 11.3. The molecule has 1 atom stereocenters. The molecule has 6 heteroatoms. The lowest BCUT2D eigenvalue weighted by Gasteiger charge is -2.23. The highest BCUT2D eigenvalue weighted by Gasteiger charge is 2.32. The predicted molar refractivity (Wildman–Crippen MR) is 70.9 cm³/mol. The number of hydrogen-bond donors (Lipinski definition) is 1. The zero-order valence-electron chi connectivity index (χ0n) is 11.3.